The van der Waals surface area contributed by atoms with Crippen molar-refractivity contribution in [2.24, 2.45) is 0 Å². The maximum absolute atomic E-state index is 10.6. The smallest absolute Gasteiger partial charge is 0.143 e. The summed E-state index contributed by atoms with van der Waals surface area (Å²) in [7, 11) is 0. The zero-order valence-corrected chi connectivity index (χ0v) is 9.78. The average molecular weight is 211 g/mol. The minimum Gasteiger partial charge on any atom is -0.306 e. The highest BCUT2D eigenvalue weighted by Crippen LogP contribution is 2.09. The van der Waals surface area contributed by atoms with Gasteiger partial charge in [0.1, 0.15) is 5.78 Å². The number of ketones is 1. The van der Waals surface area contributed by atoms with Gasteiger partial charge in [-0.2, -0.15) is 0 Å². The molecular formula is C11H17NOS. The molecule has 1 atom stereocenters. The maximum atomic E-state index is 10.6. The van der Waals surface area contributed by atoms with Gasteiger partial charge in [-0.25, -0.2) is 0 Å². The van der Waals surface area contributed by atoms with Crippen molar-refractivity contribution >= 4 is 17.5 Å². The second kappa shape index (κ2) is 8.86. The SMILES string of the molecule is CC#CC(C)S/C=C\CNCC(C)=O. The Morgan fingerprint density at radius 3 is 2.93 bits per heavy atom. The maximum Gasteiger partial charge on any atom is 0.143 e. The Kier molecular flexibility index (Phi) is 8.40. The van der Waals surface area contributed by atoms with Crippen molar-refractivity contribution in [3.05, 3.63) is 11.5 Å². The third kappa shape index (κ3) is 9.37. The van der Waals surface area contributed by atoms with E-state index in [-0.39, 0.29) is 5.78 Å². The van der Waals surface area contributed by atoms with Crippen molar-refractivity contribution in [1.82, 2.24) is 5.32 Å². The first-order chi connectivity index (χ1) is 6.66. The van der Waals surface area contributed by atoms with Gasteiger partial charge in [0.15, 0.2) is 0 Å². The number of hydrogen-bond acceptors (Lipinski definition) is 3. The second-order valence-corrected chi connectivity index (χ2v) is 4.13. The van der Waals surface area contributed by atoms with Crippen LogP contribution in [0.15, 0.2) is 11.5 Å². The highest BCUT2D eigenvalue weighted by Gasteiger charge is 1.92. The fourth-order valence-corrected chi connectivity index (χ4v) is 1.42. The summed E-state index contributed by atoms with van der Waals surface area (Å²) in [6.07, 6.45) is 2.00. The van der Waals surface area contributed by atoms with Crippen LogP contribution in [0.25, 0.3) is 0 Å². The van der Waals surface area contributed by atoms with Gasteiger partial charge in [-0.3, -0.25) is 4.79 Å². The van der Waals surface area contributed by atoms with Crippen molar-refractivity contribution in [2.75, 3.05) is 13.1 Å². The summed E-state index contributed by atoms with van der Waals surface area (Å²) in [5.41, 5.74) is 0. The van der Waals surface area contributed by atoms with Crippen LogP contribution in [-0.2, 0) is 4.79 Å². The third-order valence-electron chi connectivity index (χ3n) is 1.36. The molecule has 0 aromatic carbocycles. The topological polar surface area (TPSA) is 29.1 Å². The van der Waals surface area contributed by atoms with Gasteiger partial charge in [-0.1, -0.05) is 12.0 Å². The molecular weight excluding hydrogens is 194 g/mol. The largest absolute Gasteiger partial charge is 0.306 e. The second-order valence-electron chi connectivity index (χ2n) is 2.88. The first kappa shape index (κ1) is 13.3. The van der Waals surface area contributed by atoms with E-state index in [1.807, 2.05) is 18.4 Å². The molecule has 0 radical (unpaired) electrons. The van der Waals surface area contributed by atoms with Gasteiger partial charge in [0.2, 0.25) is 0 Å². The standard InChI is InChI=1S/C11H17NOS/c1-4-6-11(3)14-8-5-7-12-9-10(2)13/h5,8,11-12H,7,9H2,1-3H3/b8-5-. The van der Waals surface area contributed by atoms with E-state index >= 15 is 0 Å². The van der Waals surface area contributed by atoms with Crippen molar-refractivity contribution in [2.45, 2.75) is 26.0 Å². The highest BCUT2D eigenvalue weighted by atomic mass is 32.2. The van der Waals surface area contributed by atoms with Crippen LogP contribution < -0.4 is 5.32 Å². The summed E-state index contributed by atoms with van der Waals surface area (Å²) in [5, 5.41) is 5.36. The van der Waals surface area contributed by atoms with E-state index in [1.165, 1.54) is 0 Å². The van der Waals surface area contributed by atoms with Crippen LogP contribution in [0.4, 0.5) is 0 Å². The first-order valence-electron chi connectivity index (χ1n) is 4.59. The van der Waals surface area contributed by atoms with Crippen LogP contribution in [-0.4, -0.2) is 24.1 Å². The molecule has 3 heteroatoms. The lowest BCUT2D eigenvalue weighted by Gasteiger charge is -1.98. The number of nitrogens with one attached hydrogen (secondary N) is 1. The van der Waals surface area contributed by atoms with Crippen molar-refractivity contribution in [1.29, 1.82) is 0 Å². The molecule has 0 amide bonds. The van der Waals surface area contributed by atoms with Crippen molar-refractivity contribution in [3.8, 4) is 11.8 Å². The molecule has 0 fully saturated rings. The van der Waals surface area contributed by atoms with Gasteiger partial charge >= 0.3 is 0 Å². The molecule has 0 saturated carbocycles. The summed E-state index contributed by atoms with van der Waals surface area (Å²) in [6.45, 7) is 6.66. The number of rotatable bonds is 6. The Hall–Kier alpha value is -0.720. The fraction of sp³-hybridized carbons (Fsp3) is 0.545. The van der Waals surface area contributed by atoms with Crippen LogP contribution in [0.3, 0.4) is 0 Å². The number of carbonyl (C=O) groups is 1. The van der Waals surface area contributed by atoms with Gasteiger partial charge in [0.25, 0.3) is 0 Å². The summed E-state index contributed by atoms with van der Waals surface area (Å²) in [6, 6.07) is 0. The van der Waals surface area contributed by atoms with E-state index in [9.17, 15) is 4.79 Å². The highest BCUT2D eigenvalue weighted by molar-refractivity contribution is 8.02. The predicted octanol–water partition coefficient (Wildman–Crippen LogP) is 1.82. The average Bonchev–Trinajstić information content (AvgIpc) is 2.11. The minimum absolute atomic E-state index is 0.163. The van der Waals surface area contributed by atoms with Crippen LogP contribution in [0, 0.1) is 11.8 Å². The monoisotopic (exact) mass is 211 g/mol. The number of Topliss-reactive ketones (excluding diaryl/α,β-unsaturated/α-hetero) is 1. The molecule has 0 aliphatic carbocycles. The predicted molar refractivity (Wildman–Crippen MR) is 63.2 cm³/mol. The van der Waals surface area contributed by atoms with Crippen LogP contribution >= 0.6 is 11.8 Å². The summed E-state index contributed by atoms with van der Waals surface area (Å²) < 4.78 is 0. The minimum atomic E-state index is 0.163. The molecule has 0 saturated heterocycles. The molecule has 1 unspecified atom stereocenters. The Morgan fingerprint density at radius 2 is 2.36 bits per heavy atom. The van der Waals surface area contributed by atoms with Gasteiger partial charge in [0, 0.05) is 6.54 Å². The van der Waals surface area contributed by atoms with Crippen LogP contribution in [0.1, 0.15) is 20.8 Å². The Labute approximate surface area is 90.5 Å². The molecule has 0 aliphatic rings. The molecule has 1 N–H and O–H groups in total. The quantitative estimate of drug-likeness (QED) is 0.537. The number of hydrogen-bond donors (Lipinski definition) is 1. The van der Waals surface area contributed by atoms with Crippen molar-refractivity contribution in [3.63, 3.8) is 0 Å². The van der Waals surface area contributed by atoms with E-state index in [2.05, 4.69) is 24.1 Å². The number of thioether (sulfide) groups is 1. The van der Waals surface area contributed by atoms with Crippen LogP contribution in [0.5, 0.6) is 0 Å². The summed E-state index contributed by atoms with van der Waals surface area (Å²) in [4.78, 5) is 10.6. The summed E-state index contributed by atoms with van der Waals surface area (Å²) in [5.74, 6) is 6.07. The Balaban J connectivity index is 3.43. The molecule has 0 aromatic rings. The van der Waals surface area contributed by atoms with E-state index in [0.29, 0.717) is 11.8 Å². The molecule has 0 aliphatic heterocycles. The Bertz CT molecular complexity index is 250. The molecule has 78 valence electrons. The molecule has 0 bridgehead atoms. The van der Waals surface area contributed by atoms with E-state index in [4.69, 9.17) is 0 Å². The lowest BCUT2D eigenvalue weighted by molar-refractivity contribution is -0.116. The van der Waals surface area contributed by atoms with Crippen molar-refractivity contribution < 1.29 is 4.79 Å². The van der Waals surface area contributed by atoms with E-state index in [0.717, 1.165) is 6.54 Å². The van der Waals surface area contributed by atoms with Gasteiger partial charge in [0.05, 0.1) is 11.8 Å². The lowest BCUT2D eigenvalue weighted by atomic mass is 10.4. The third-order valence-corrected chi connectivity index (χ3v) is 2.24. The zero-order chi connectivity index (χ0) is 10.8. The Morgan fingerprint density at radius 1 is 1.64 bits per heavy atom. The zero-order valence-electron chi connectivity index (χ0n) is 8.96. The van der Waals surface area contributed by atoms with E-state index in [1.54, 1.807) is 18.7 Å². The van der Waals surface area contributed by atoms with E-state index < -0.39 is 0 Å². The molecule has 0 rings (SSSR count). The van der Waals surface area contributed by atoms with Gasteiger partial charge < -0.3 is 5.32 Å². The number of carbonyl (C=O) groups excluding carboxylic acids is 1. The van der Waals surface area contributed by atoms with Crippen LogP contribution in [0.2, 0.25) is 0 Å². The molecule has 2 nitrogen and oxygen atoms in total. The molecule has 0 spiro atoms. The molecule has 14 heavy (non-hydrogen) atoms. The molecule has 0 heterocycles. The first-order valence-corrected chi connectivity index (χ1v) is 5.54. The molecule has 0 aromatic heterocycles. The van der Waals surface area contributed by atoms with Gasteiger partial charge in [-0.15, -0.1) is 17.7 Å². The normalized spacial score (nSPS) is 12.2. The fourth-order valence-electron chi connectivity index (χ4n) is 0.790. The van der Waals surface area contributed by atoms with Gasteiger partial charge in [-0.05, 0) is 26.2 Å². The lowest BCUT2D eigenvalue weighted by Crippen LogP contribution is -2.20. The summed E-state index contributed by atoms with van der Waals surface area (Å²) >= 11 is 1.68.